The van der Waals surface area contributed by atoms with Crippen LogP contribution in [0.5, 0.6) is 0 Å². The molecule has 110 valence electrons. The average Bonchev–Trinajstić information content (AvgIpc) is 2.35. The molecule has 1 atom stereocenters. The normalized spacial score (nSPS) is 13.2. The lowest BCUT2D eigenvalue weighted by atomic mass is 10.1. The standard InChI is InChI=1S/C14H34N4/c1-5-14(4)12-17-9-8-15-6-7-16-10-11-18-13(2)3/h13-18H,5-12H2,1-4H3. The lowest BCUT2D eigenvalue weighted by molar-refractivity contribution is 0.490. The maximum absolute atomic E-state index is 3.47. The molecule has 0 saturated carbocycles. The number of rotatable bonds is 13. The molecular formula is C14H34N4. The zero-order chi connectivity index (χ0) is 13.6. The van der Waals surface area contributed by atoms with Crippen molar-refractivity contribution < 1.29 is 0 Å². The van der Waals surface area contributed by atoms with Gasteiger partial charge in [0.15, 0.2) is 0 Å². The molecule has 1 unspecified atom stereocenters. The molecule has 0 aromatic heterocycles. The van der Waals surface area contributed by atoms with Crippen molar-refractivity contribution in [3.05, 3.63) is 0 Å². The van der Waals surface area contributed by atoms with Crippen LogP contribution >= 0.6 is 0 Å². The first kappa shape index (κ1) is 17.8. The molecule has 0 aliphatic heterocycles. The number of nitrogens with one attached hydrogen (secondary N) is 4. The van der Waals surface area contributed by atoms with Crippen LogP contribution in [0.1, 0.15) is 34.1 Å². The summed E-state index contributed by atoms with van der Waals surface area (Å²) in [5.74, 6) is 0.792. The van der Waals surface area contributed by atoms with Crippen molar-refractivity contribution >= 4 is 0 Å². The molecule has 0 aromatic rings. The van der Waals surface area contributed by atoms with Crippen LogP contribution < -0.4 is 21.3 Å². The van der Waals surface area contributed by atoms with Gasteiger partial charge in [0.25, 0.3) is 0 Å². The van der Waals surface area contributed by atoms with Gasteiger partial charge in [-0.3, -0.25) is 0 Å². The Kier molecular flexibility index (Phi) is 13.2. The molecule has 0 rings (SSSR count). The van der Waals surface area contributed by atoms with Gasteiger partial charge in [0.1, 0.15) is 0 Å². The fourth-order valence-electron chi connectivity index (χ4n) is 1.55. The molecule has 0 saturated heterocycles. The zero-order valence-corrected chi connectivity index (χ0v) is 12.8. The minimum absolute atomic E-state index is 0.585. The summed E-state index contributed by atoms with van der Waals surface area (Å²) in [5, 5.41) is 13.7. The zero-order valence-electron chi connectivity index (χ0n) is 12.8. The van der Waals surface area contributed by atoms with Gasteiger partial charge in [0.05, 0.1) is 0 Å². The molecule has 18 heavy (non-hydrogen) atoms. The molecule has 0 aliphatic carbocycles. The highest BCUT2D eigenvalue weighted by Gasteiger charge is 1.96. The highest BCUT2D eigenvalue weighted by molar-refractivity contribution is 4.59. The van der Waals surface area contributed by atoms with Crippen LogP contribution in [-0.4, -0.2) is 51.9 Å². The van der Waals surface area contributed by atoms with Crippen molar-refractivity contribution in [3.8, 4) is 0 Å². The van der Waals surface area contributed by atoms with Gasteiger partial charge in [-0.15, -0.1) is 0 Å². The van der Waals surface area contributed by atoms with E-state index in [1.807, 2.05) is 0 Å². The average molecular weight is 258 g/mol. The molecule has 4 nitrogen and oxygen atoms in total. The molecule has 0 bridgehead atoms. The van der Waals surface area contributed by atoms with Gasteiger partial charge in [-0.05, 0) is 12.5 Å². The van der Waals surface area contributed by atoms with Gasteiger partial charge in [-0.25, -0.2) is 0 Å². The summed E-state index contributed by atoms with van der Waals surface area (Å²) in [6.07, 6.45) is 1.26. The molecular weight excluding hydrogens is 224 g/mol. The molecule has 0 fully saturated rings. The van der Waals surface area contributed by atoms with Crippen LogP contribution in [0.25, 0.3) is 0 Å². The van der Waals surface area contributed by atoms with Gasteiger partial charge in [-0.1, -0.05) is 34.1 Å². The lowest BCUT2D eigenvalue weighted by Crippen LogP contribution is -2.36. The third kappa shape index (κ3) is 13.9. The molecule has 0 aromatic carbocycles. The smallest absolute Gasteiger partial charge is 0.00791 e. The van der Waals surface area contributed by atoms with E-state index >= 15 is 0 Å². The molecule has 0 heterocycles. The molecule has 0 radical (unpaired) electrons. The Balaban J connectivity index is 2.99. The predicted molar refractivity (Wildman–Crippen MR) is 81.2 cm³/mol. The summed E-state index contributed by atoms with van der Waals surface area (Å²) < 4.78 is 0. The summed E-state index contributed by atoms with van der Waals surface area (Å²) in [7, 11) is 0. The second kappa shape index (κ2) is 13.3. The van der Waals surface area contributed by atoms with Crippen molar-refractivity contribution in [1.82, 2.24) is 21.3 Å². The topological polar surface area (TPSA) is 48.1 Å². The quantitative estimate of drug-likeness (QED) is 0.369. The Morgan fingerprint density at radius 1 is 0.722 bits per heavy atom. The van der Waals surface area contributed by atoms with Crippen molar-refractivity contribution in [3.63, 3.8) is 0 Å². The van der Waals surface area contributed by atoms with Crippen LogP contribution in [0.15, 0.2) is 0 Å². The van der Waals surface area contributed by atoms with E-state index in [2.05, 4.69) is 49.0 Å². The van der Waals surface area contributed by atoms with E-state index < -0.39 is 0 Å². The van der Waals surface area contributed by atoms with Gasteiger partial charge >= 0.3 is 0 Å². The highest BCUT2D eigenvalue weighted by Crippen LogP contribution is 1.96. The maximum atomic E-state index is 3.47. The fourth-order valence-corrected chi connectivity index (χ4v) is 1.55. The molecule has 0 aliphatic rings. The Hall–Kier alpha value is -0.160. The Bertz CT molecular complexity index is 162. The fraction of sp³-hybridized carbons (Fsp3) is 1.00. The summed E-state index contributed by atoms with van der Waals surface area (Å²) >= 11 is 0. The third-order valence-corrected chi connectivity index (χ3v) is 3.00. The van der Waals surface area contributed by atoms with Crippen molar-refractivity contribution in [2.24, 2.45) is 5.92 Å². The summed E-state index contributed by atoms with van der Waals surface area (Å²) in [6.45, 7) is 16.3. The van der Waals surface area contributed by atoms with Crippen LogP contribution in [0.3, 0.4) is 0 Å². The predicted octanol–water partition coefficient (Wildman–Crippen LogP) is 0.799. The monoisotopic (exact) mass is 258 g/mol. The second-order valence-corrected chi connectivity index (χ2v) is 5.33. The Morgan fingerprint density at radius 3 is 1.72 bits per heavy atom. The Labute approximate surface area is 114 Å². The minimum Gasteiger partial charge on any atom is -0.315 e. The van der Waals surface area contributed by atoms with E-state index in [9.17, 15) is 0 Å². The SMILES string of the molecule is CCC(C)CNCCNCCNCCNC(C)C. The molecule has 4 N–H and O–H groups in total. The second-order valence-electron chi connectivity index (χ2n) is 5.33. The van der Waals surface area contributed by atoms with Gasteiger partial charge in [0.2, 0.25) is 0 Å². The van der Waals surface area contributed by atoms with E-state index in [4.69, 9.17) is 0 Å². The van der Waals surface area contributed by atoms with Gasteiger partial charge in [0, 0.05) is 45.3 Å². The van der Waals surface area contributed by atoms with Crippen molar-refractivity contribution in [1.29, 1.82) is 0 Å². The lowest BCUT2D eigenvalue weighted by Gasteiger charge is -2.11. The molecule has 0 spiro atoms. The van der Waals surface area contributed by atoms with Gasteiger partial charge < -0.3 is 21.3 Å². The molecule has 4 heteroatoms. The van der Waals surface area contributed by atoms with E-state index in [0.29, 0.717) is 6.04 Å². The first-order valence-corrected chi connectivity index (χ1v) is 7.52. The summed E-state index contributed by atoms with van der Waals surface area (Å²) in [5.41, 5.74) is 0. The van der Waals surface area contributed by atoms with E-state index in [1.165, 1.54) is 6.42 Å². The first-order valence-electron chi connectivity index (χ1n) is 7.52. The maximum Gasteiger partial charge on any atom is 0.00791 e. The van der Waals surface area contributed by atoms with Crippen molar-refractivity contribution in [2.45, 2.75) is 40.2 Å². The minimum atomic E-state index is 0.585. The summed E-state index contributed by atoms with van der Waals surface area (Å²) in [4.78, 5) is 0. The number of hydrogen-bond donors (Lipinski definition) is 4. The summed E-state index contributed by atoms with van der Waals surface area (Å²) in [6, 6.07) is 0.585. The van der Waals surface area contributed by atoms with Gasteiger partial charge in [-0.2, -0.15) is 0 Å². The van der Waals surface area contributed by atoms with E-state index in [1.54, 1.807) is 0 Å². The van der Waals surface area contributed by atoms with E-state index in [-0.39, 0.29) is 0 Å². The van der Waals surface area contributed by atoms with E-state index in [0.717, 1.165) is 51.7 Å². The van der Waals surface area contributed by atoms with Crippen LogP contribution in [-0.2, 0) is 0 Å². The third-order valence-electron chi connectivity index (χ3n) is 3.00. The largest absolute Gasteiger partial charge is 0.315 e. The first-order chi connectivity index (χ1) is 8.66. The molecule has 0 amide bonds. The van der Waals surface area contributed by atoms with Crippen LogP contribution in [0, 0.1) is 5.92 Å². The number of hydrogen-bond acceptors (Lipinski definition) is 4. The Morgan fingerprint density at radius 2 is 1.22 bits per heavy atom. The van der Waals surface area contributed by atoms with Crippen molar-refractivity contribution in [2.75, 3.05) is 45.8 Å². The highest BCUT2D eigenvalue weighted by atomic mass is 15.0. The van der Waals surface area contributed by atoms with Crippen LogP contribution in [0.4, 0.5) is 0 Å². The van der Waals surface area contributed by atoms with Crippen LogP contribution in [0.2, 0.25) is 0 Å².